The lowest BCUT2D eigenvalue weighted by molar-refractivity contribution is 1.39. The molecule has 3 rings (SSSR count). The molecule has 3 aromatic rings. The van der Waals surface area contributed by atoms with E-state index in [2.05, 4.69) is 4.98 Å². The van der Waals surface area contributed by atoms with E-state index in [1.807, 2.05) is 36.4 Å². The quantitative estimate of drug-likeness (QED) is 0.638. The Bertz CT molecular complexity index is 759. The molecule has 0 spiro atoms. The van der Waals surface area contributed by atoms with Crippen LogP contribution in [0.15, 0.2) is 59.5 Å². The Morgan fingerprint density at radius 1 is 0.944 bits per heavy atom. The Hall–Kier alpha value is -2.29. The van der Waals surface area contributed by atoms with Gasteiger partial charge in [0.2, 0.25) is 0 Å². The van der Waals surface area contributed by atoms with Crippen molar-refractivity contribution in [3.8, 4) is 11.1 Å². The highest BCUT2D eigenvalue weighted by Gasteiger charge is 2.06. The minimum atomic E-state index is 0.0362. The lowest BCUT2D eigenvalue weighted by Gasteiger charge is -2.04. The van der Waals surface area contributed by atoms with E-state index in [4.69, 9.17) is 7.85 Å². The summed E-state index contributed by atoms with van der Waals surface area (Å²) < 4.78 is 0. The SMILES string of the molecule is [B]c1ccc(-c2c[nH]c3ccccc3c2=O)cc1. The van der Waals surface area contributed by atoms with E-state index >= 15 is 0 Å². The first-order chi connectivity index (χ1) is 8.75. The van der Waals surface area contributed by atoms with Crippen LogP contribution in [0.3, 0.4) is 0 Å². The zero-order chi connectivity index (χ0) is 12.5. The summed E-state index contributed by atoms with van der Waals surface area (Å²) in [6.45, 7) is 0. The van der Waals surface area contributed by atoms with E-state index < -0.39 is 0 Å². The van der Waals surface area contributed by atoms with Crippen LogP contribution in [-0.2, 0) is 0 Å². The highest BCUT2D eigenvalue weighted by molar-refractivity contribution is 6.32. The smallest absolute Gasteiger partial charge is 0.197 e. The summed E-state index contributed by atoms with van der Waals surface area (Å²) >= 11 is 0. The molecule has 0 aliphatic rings. The molecule has 1 N–H and O–H groups in total. The molecule has 3 heteroatoms. The van der Waals surface area contributed by atoms with E-state index in [0.29, 0.717) is 16.4 Å². The molecule has 0 fully saturated rings. The van der Waals surface area contributed by atoms with Gasteiger partial charge in [-0.05, 0) is 17.7 Å². The zero-order valence-electron chi connectivity index (χ0n) is 9.68. The van der Waals surface area contributed by atoms with Gasteiger partial charge in [-0.15, -0.1) is 0 Å². The van der Waals surface area contributed by atoms with Gasteiger partial charge in [-0.3, -0.25) is 4.79 Å². The van der Waals surface area contributed by atoms with Crippen molar-refractivity contribution in [1.29, 1.82) is 0 Å². The summed E-state index contributed by atoms with van der Waals surface area (Å²) in [5.41, 5.74) is 3.11. The Morgan fingerprint density at radius 3 is 2.44 bits per heavy atom. The van der Waals surface area contributed by atoms with Crippen LogP contribution in [0, 0.1) is 0 Å². The number of benzene rings is 2. The van der Waals surface area contributed by atoms with Crippen LogP contribution in [0.1, 0.15) is 0 Å². The minimum Gasteiger partial charge on any atom is -0.360 e. The Labute approximate surface area is 106 Å². The van der Waals surface area contributed by atoms with Crippen LogP contribution in [0.25, 0.3) is 22.0 Å². The molecule has 1 aromatic heterocycles. The fourth-order valence-corrected chi connectivity index (χ4v) is 2.04. The number of H-pyrrole nitrogens is 1. The summed E-state index contributed by atoms with van der Waals surface area (Å²) in [4.78, 5) is 15.5. The molecule has 84 valence electrons. The molecule has 0 unspecified atom stereocenters. The third kappa shape index (κ3) is 1.74. The lowest BCUT2D eigenvalue weighted by atomic mass is 9.94. The summed E-state index contributed by atoms with van der Waals surface area (Å²) in [5, 5.41) is 0.701. The maximum atomic E-state index is 12.4. The topological polar surface area (TPSA) is 32.9 Å². The van der Waals surface area contributed by atoms with E-state index in [1.165, 1.54) is 0 Å². The normalized spacial score (nSPS) is 10.7. The molecule has 0 saturated heterocycles. The summed E-state index contributed by atoms with van der Waals surface area (Å²) in [5.74, 6) is 0. The van der Waals surface area contributed by atoms with Gasteiger partial charge in [0.25, 0.3) is 0 Å². The second kappa shape index (κ2) is 4.19. The number of aromatic nitrogens is 1. The number of hydrogen-bond acceptors (Lipinski definition) is 1. The van der Waals surface area contributed by atoms with Crippen LogP contribution in [0.2, 0.25) is 0 Å². The van der Waals surface area contributed by atoms with Gasteiger partial charge in [0, 0.05) is 22.7 Å². The predicted molar refractivity (Wildman–Crippen MR) is 75.4 cm³/mol. The van der Waals surface area contributed by atoms with Crippen LogP contribution in [0.5, 0.6) is 0 Å². The van der Waals surface area contributed by atoms with E-state index in [-0.39, 0.29) is 5.43 Å². The molecule has 2 aromatic carbocycles. The van der Waals surface area contributed by atoms with Crippen molar-refractivity contribution in [3.05, 3.63) is 65.0 Å². The van der Waals surface area contributed by atoms with Crippen LogP contribution >= 0.6 is 0 Å². The third-order valence-electron chi connectivity index (χ3n) is 3.01. The Morgan fingerprint density at radius 2 is 1.67 bits per heavy atom. The Balaban J connectivity index is 2.27. The number of fused-ring (bicyclic) bond motifs is 1. The third-order valence-corrected chi connectivity index (χ3v) is 3.01. The first kappa shape index (κ1) is 10.8. The maximum Gasteiger partial charge on any atom is 0.197 e. The second-order valence-electron chi connectivity index (χ2n) is 4.20. The minimum absolute atomic E-state index is 0.0362. The van der Waals surface area contributed by atoms with Crippen molar-refractivity contribution >= 4 is 24.2 Å². The zero-order valence-corrected chi connectivity index (χ0v) is 9.68. The van der Waals surface area contributed by atoms with Crippen LogP contribution in [0.4, 0.5) is 0 Å². The van der Waals surface area contributed by atoms with Crippen molar-refractivity contribution < 1.29 is 0 Å². The summed E-state index contributed by atoms with van der Waals surface area (Å²) in [7, 11) is 5.65. The standard InChI is InChI=1S/C15H10BNO/c16-11-7-5-10(6-8-11)13-9-17-14-4-2-1-3-12(14)15(13)18/h1-9H,(H,17,18). The molecule has 18 heavy (non-hydrogen) atoms. The van der Waals surface area contributed by atoms with Gasteiger partial charge >= 0.3 is 0 Å². The van der Waals surface area contributed by atoms with E-state index in [9.17, 15) is 4.79 Å². The predicted octanol–water partition coefficient (Wildman–Crippen LogP) is 1.99. The molecular formula is C15H10BNO. The van der Waals surface area contributed by atoms with Gasteiger partial charge in [0.05, 0.1) is 0 Å². The van der Waals surface area contributed by atoms with Gasteiger partial charge in [-0.2, -0.15) is 0 Å². The highest BCUT2D eigenvalue weighted by Crippen LogP contribution is 2.16. The number of pyridine rings is 1. The van der Waals surface area contributed by atoms with Gasteiger partial charge in [-0.25, -0.2) is 0 Å². The largest absolute Gasteiger partial charge is 0.360 e. The molecule has 0 atom stereocenters. The fourth-order valence-electron chi connectivity index (χ4n) is 2.04. The molecular weight excluding hydrogens is 221 g/mol. The number of para-hydroxylation sites is 1. The second-order valence-corrected chi connectivity index (χ2v) is 4.20. The molecule has 0 saturated carbocycles. The van der Waals surface area contributed by atoms with Crippen molar-refractivity contribution in [2.75, 3.05) is 0 Å². The number of aromatic amines is 1. The number of hydrogen-bond donors (Lipinski definition) is 1. The fraction of sp³-hybridized carbons (Fsp3) is 0. The van der Waals surface area contributed by atoms with Crippen molar-refractivity contribution in [2.45, 2.75) is 0 Å². The van der Waals surface area contributed by atoms with Crippen LogP contribution in [-0.4, -0.2) is 12.8 Å². The summed E-state index contributed by atoms with van der Waals surface area (Å²) in [6, 6.07) is 14.8. The lowest BCUT2D eigenvalue weighted by Crippen LogP contribution is -2.07. The number of rotatable bonds is 1. The van der Waals surface area contributed by atoms with Crippen molar-refractivity contribution in [1.82, 2.24) is 4.98 Å². The Kier molecular flexibility index (Phi) is 2.52. The monoisotopic (exact) mass is 231 g/mol. The molecule has 0 aliphatic heterocycles. The van der Waals surface area contributed by atoms with E-state index in [1.54, 1.807) is 18.3 Å². The molecule has 0 amide bonds. The molecule has 1 heterocycles. The van der Waals surface area contributed by atoms with Gasteiger partial charge < -0.3 is 4.98 Å². The average Bonchev–Trinajstić information content (AvgIpc) is 2.41. The first-order valence-electron chi connectivity index (χ1n) is 5.72. The van der Waals surface area contributed by atoms with Gasteiger partial charge in [0.15, 0.2) is 5.43 Å². The maximum absolute atomic E-state index is 12.4. The highest BCUT2D eigenvalue weighted by atomic mass is 16.1. The van der Waals surface area contributed by atoms with Crippen LogP contribution < -0.4 is 10.9 Å². The summed E-state index contributed by atoms with van der Waals surface area (Å²) in [6.07, 6.45) is 1.75. The molecule has 2 radical (unpaired) electrons. The average molecular weight is 231 g/mol. The molecule has 0 aliphatic carbocycles. The number of nitrogens with one attached hydrogen (secondary N) is 1. The van der Waals surface area contributed by atoms with Crippen molar-refractivity contribution in [3.63, 3.8) is 0 Å². The van der Waals surface area contributed by atoms with E-state index in [0.717, 1.165) is 11.1 Å². The molecule has 2 nitrogen and oxygen atoms in total. The molecule has 0 bridgehead atoms. The van der Waals surface area contributed by atoms with Gasteiger partial charge in [-0.1, -0.05) is 41.9 Å². The first-order valence-corrected chi connectivity index (χ1v) is 5.72. The van der Waals surface area contributed by atoms with Crippen molar-refractivity contribution in [2.24, 2.45) is 0 Å². The van der Waals surface area contributed by atoms with Gasteiger partial charge in [0.1, 0.15) is 7.85 Å².